The molecule has 0 saturated carbocycles. The van der Waals surface area contributed by atoms with Gasteiger partial charge in [-0.2, -0.15) is 0 Å². The number of Topliss-reactive ketones (excluding diaryl/α,β-unsaturated/α-hetero) is 1. The molecular weight excluding hydrogens is 320 g/mol. The van der Waals surface area contributed by atoms with Crippen LogP contribution in [0.25, 0.3) is 4.85 Å². The molecule has 0 amide bonds. The summed E-state index contributed by atoms with van der Waals surface area (Å²) in [5, 5.41) is 0.0691. The first-order valence-corrected chi connectivity index (χ1v) is 7.97. The molecule has 0 aliphatic carbocycles. The lowest BCUT2D eigenvalue weighted by Gasteiger charge is -2.03. The van der Waals surface area contributed by atoms with E-state index >= 15 is 0 Å². The van der Waals surface area contributed by atoms with Gasteiger partial charge in [0.2, 0.25) is 6.54 Å². The number of nitrogens with zero attached hydrogens (tertiary/aromatic N) is 1. The summed E-state index contributed by atoms with van der Waals surface area (Å²) in [5.41, 5.74) is 7.21. The van der Waals surface area contributed by atoms with Crippen molar-refractivity contribution in [2.45, 2.75) is 25.7 Å². The predicted molar refractivity (Wildman–Crippen MR) is 93.6 cm³/mol. The molecule has 0 bridgehead atoms. The highest BCUT2D eigenvalue weighted by molar-refractivity contribution is 8.13. The molecule has 0 radical (unpaired) electrons. The van der Waals surface area contributed by atoms with E-state index in [0.717, 1.165) is 12.0 Å². The highest BCUT2D eigenvalue weighted by Gasteiger charge is 2.06. The summed E-state index contributed by atoms with van der Waals surface area (Å²) in [4.78, 5) is 26.4. The number of halogens is 1. The molecule has 2 N–H and O–H groups in total. The molecule has 0 fully saturated rings. The molecule has 0 heterocycles. The fourth-order valence-electron chi connectivity index (χ4n) is 1.77. The van der Waals surface area contributed by atoms with E-state index in [9.17, 15) is 9.59 Å². The van der Waals surface area contributed by atoms with Gasteiger partial charge in [0.15, 0.2) is 10.9 Å². The van der Waals surface area contributed by atoms with Crippen LogP contribution in [0.1, 0.15) is 35.2 Å². The van der Waals surface area contributed by atoms with E-state index in [2.05, 4.69) is 4.85 Å². The lowest BCUT2D eigenvalue weighted by molar-refractivity contribution is -0.110. The standard InChI is InChI=1S/C16H20N2O2S.ClH/c1-18-11-8-16(20)21-12-9-13-4-6-14(7-5-13)15(19)3-2-10-17;/h4-7H,2-3,8-12,17H2;1H. The number of rotatable bonds is 9. The quantitative estimate of drug-likeness (QED) is 0.554. The van der Waals surface area contributed by atoms with Crippen molar-refractivity contribution < 1.29 is 9.59 Å². The summed E-state index contributed by atoms with van der Waals surface area (Å²) in [7, 11) is 0. The van der Waals surface area contributed by atoms with Crippen molar-refractivity contribution in [2.75, 3.05) is 18.8 Å². The van der Waals surface area contributed by atoms with E-state index in [1.807, 2.05) is 24.3 Å². The Morgan fingerprint density at radius 2 is 1.86 bits per heavy atom. The lowest BCUT2D eigenvalue weighted by Crippen LogP contribution is -2.05. The average molecular weight is 341 g/mol. The highest BCUT2D eigenvalue weighted by Crippen LogP contribution is 2.12. The van der Waals surface area contributed by atoms with Crippen molar-refractivity contribution >= 4 is 35.1 Å². The maximum atomic E-state index is 11.8. The zero-order chi connectivity index (χ0) is 15.5. The summed E-state index contributed by atoms with van der Waals surface area (Å²) >= 11 is 1.27. The SMILES string of the molecule is Cl.[C-]#[N+]CCC(=O)SCCc1ccc(C(=O)CCCN)cc1. The molecule has 1 aromatic rings. The van der Waals surface area contributed by atoms with E-state index in [-0.39, 0.29) is 29.9 Å². The molecule has 0 spiro atoms. The Bertz CT molecular complexity index is 512. The Balaban J connectivity index is 0.00000441. The maximum Gasteiger partial charge on any atom is 0.222 e. The average Bonchev–Trinajstić information content (AvgIpc) is 2.51. The Morgan fingerprint density at radius 3 is 2.45 bits per heavy atom. The molecule has 22 heavy (non-hydrogen) atoms. The fourth-order valence-corrected chi connectivity index (χ4v) is 2.57. The van der Waals surface area contributed by atoms with Gasteiger partial charge in [-0.25, -0.2) is 6.57 Å². The van der Waals surface area contributed by atoms with E-state index < -0.39 is 0 Å². The van der Waals surface area contributed by atoms with Crippen LogP contribution in [0.5, 0.6) is 0 Å². The van der Waals surface area contributed by atoms with Gasteiger partial charge in [0, 0.05) is 17.7 Å². The Kier molecular flexibility index (Phi) is 11.5. The first-order chi connectivity index (χ1) is 10.2. The molecule has 0 aliphatic rings. The van der Waals surface area contributed by atoms with Crippen molar-refractivity contribution in [3.8, 4) is 0 Å². The van der Waals surface area contributed by atoms with Crippen LogP contribution in [0.3, 0.4) is 0 Å². The number of carbonyl (C=O) groups is 2. The Morgan fingerprint density at radius 1 is 1.18 bits per heavy atom. The van der Waals surface area contributed by atoms with Crippen LogP contribution >= 0.6 is 24.2 Å². The van der Waals surface area contributed by atoms with Gasteiger partial charge in [0.25, 0.3) is 0 Å². The molecule has 0 aliphatic heterocycles. The van der Waals surface area contributed by atoms with E-state index in [4.69, 9.17) is 12.3 Å². The third kappa shape index (κ3) is 8.18. The van der Waals surface area contributed by atoms with Crippen molar-refractivity contribution in [2.24, 2.45) is 5.73 Å². The lowest BCUT2D eigenvalue weighted by atomic mass is 10.0. The molecule has 1 aromatic carbocycles. The predicted octanol–water partition coefficient (Wildman–Crippen LogP) is 3.14. The molecule has 6 heteroatoms. The molecule has 0 aromatic heterocycles. The second-order valence-electron chi connectivity index (χ2n) is 4.61. The number of thioether (sulfide) groups is 1. The van der Waals surface area contributed by atoms with Gasteiger partial charge >= 0.3 is 0 Å². The smallest absolute Gasteiger partial charge is 0.222 e. The fraction of sp³-hybridized carbons (Fsp3) is 0.438. The van der Waals surface area contributed by atoms with E-state index in [1.165, 1.54) is 11.8 Å². The second kappa shape index (κ2) is 12.2. The summed E-state index contributed by atoms with van der Waals surface area (Å²) in [6, 6.07) is 7.53. The van der Waals surface area contributed by atoms with E-state index in [0.29, 0.717) is 37.1 Å². The molecule has 120 valence electrons. The van der Waals surface area contributed by atoms with Gasteiger partial charge in [-0.3, -0.25) is 9.59 Å². The molecule has 0 atom stereocenters. The summed E-state index contributed by atoms with van der Waals surface area (Å²) in [6.07, 6.45) is 2.31. The topological polar surface area (TPSA) is 64.5 Å². The molecule has 0 saturated heterocycles. The monoisotopic (exact) mass is 340 g/mol. The van der Waals surface area contributed by atoms with Crippen molar-refractivity contribution in [3.63, 3.8) is 0 Å². The first kappa shape index (κ1) is 20.6. The minimum atomic E-state index is 0. The van der Waals surface area contributed by atoms with Crippen LogP contribution in [-0.2, 0) is 11.2 Å². The largest absolute Gasteiger partial charge is 0.330 e. The third-order valence-electron chi connectivity index (χ3n) is 2.97. The normalized spacial score (nSPS) is 9.64. The van der Waals surface area contributed by atoms with Crippen LogP contribution in [0.4, 0.5) is 0 Å². The Labute approximate surface area is 142 Å². The maximum absolute atomic E-state index is 11.8. The molecular formula is C16H21ClN2O2S. The van der Waals surface area contributed by atoms with Crippen LogP contribution < -0.4 is 5.73 Å². The summed E-state index contributed by atoms with van der Waals surface area (Å²) in [6.45, 7) is 7.43. The first-order valence-electron chi connectivity index (χ1n) is 6.98. The number of carbonyl (C=O) groups excluding carboxylic acids is 2. The van der Waals surface area contributed by atoms with Crippen molar-refractivity contribution in [1.82, 2.24) is 0 Å². The van der Waals surface area contributed by atoms with Gasteiger partial charge in [0.05, 0.1) is 6.42 Å². The number of aryl methyl sites for hydroxylation is 1. The number of benzene rings is 1. The number of hydrogen-bond donors (Lipinski definition) is 1. The zero-order valence-electron chi connectivity index (χ0n) is 12.4. The second-order valence-corrected chi connectivity index (χ2v) is 5.77. The van der Waals surface area contributed by atoms with Crippen LogP contribution in [0.2, 0.25) is 0 Å². The van der Waals surface area contributed by atoms with Gasteiger partial charge < -0.3 is 10.6 Å². The van der Waals surface area contributed by atoms with Gasteiger partial charge in [-0.1, -0.05) is 36.0 Å². The van der Waals surface area contributed by atoms with Crippen molar-refractivity contribution in [3.05, 3.63) is 46.8 Å². The number of ketones is 1. The molecule has 4 nitrogen and oxygen atoms in total. The minimum Gasteiger partial charge on any atom is -0.330 e. The third-order valence-corrected chi connectivity index (χ3v) is 3.90. The summed E-state index contributed by atoms with van der Waals surface area (Å²) in [5.74, 6) is 0.827. The minimum absolute atomic E-state index is 0. The number of hydrogen-bond acceptors (Lipinski definition) is 4. The van der Waals surface area contributed by atoms with Gasteiger partial charge in [-0.15, -0.1) is 12.4 Å². The van der Waals surface area contributed by atoms with Crippen molar-refractivity contribution in [1.29, 1.82) is 0 Å². The van der Waals surface area contributed by atoms with Crippen LogP contribution in [-0.4, -0.2) is 29.7 Å². The van der Waals surface area contributed by atoms with Gasteiger partial charge in [0.1, 0.15) is 0 Å². The Hall–Kier alpha value is -1.35. The van der Waals surface area contributed by atoms with Crippen LogP contribution in [0.15, 0.2) is 24.3 Å². The summed E-state index contributed by atoms with van der Waals surface area (Å²) < 4.78 is 0. The van der Waals surface area contributed by atoms with E-state index in [1.54, 1.807) is 0 Å². The highest BCUT2D eigenvalue weighted by atomic mass is 35.5. The number of nitrogens with two attached hydrogens (primary N) is 1. The molecule has 0 unspecified atom stereocenters. The zero-order valence-corrected chi connectivity index (χ0v) is 14.0. The molecule has 1 rings (SSSR count). The van der Waals surface area contributed by atoms with Gasteiger partial charge in [-0.05, 0) is 24.9 Å². The van der Waals surface area contributed by atoms with Crippen LogP contribution in [0, 0.1) is 6.57 Å².